The Balaban J connectivity index is 2.96. The van der Waals surface area contributed by atoms with Crippen molar-refractivity contribution in [1.82, 2.24) is 4.98 Å². The molecule has 5 nitrogen and oxygen atoms in total. The predicted octanol–water partition coefficient (Wildman–Crippen LogP) is 2.16. The molecule has 0 unspecified atom stereocenters. The van der Waals surface area contributed by atoms with Gasteiger partial charge in [0, 0.05) is 29.4 Å². The Kier molecular flexibility index (Phi) is 4.20. The first-order chi connectivity index (χ1) is 8.30. The van der Waals surface area contributed by atoms with Gasteiger partial charge in [0.1, 0.15) is 0 Å². The van der Waals surface area contributed by atoms with Crippen LogP contribution in [0.15, 0.2) is 24.5 Å². The van der Waals surface area contributed by atoms with E-state index >= 15 is 0 Å². The molecule has 5 heteroatoms. The Bertz CT molecular complexity index is 487. The van der Waals surface area contributed by atoms with E-state index in [-0.39, 0.29) is 5.91 Å². The Morgan fingerprint density at radius 3 is 2.61 bits per heavy atom. The van der Waals surface area contributed by atoms with Crippen molar-refractivity contribution in [3.05, 3.63) is 30.1 Å². The molecular formula is C13H16N2O3. The number of nitrogens with zero attached hydrogens (tertiary/aromatic N) is 1. The van der Waals surface area contributed by atoms with Crippen molar-refractivity contribution in [1.29, 1.82) is 0 Å². The van der Waals surface area contributed by atoms with Gasteiger partial charge in [-0.05, 0) is 12.1 Å². The SMILES string of the molecule is CC(C)(C)C(=O)Nc1ccncc1C=CC(=O)O. The predicted molar refractivity (Wildman–Crippen MR) is 69.0 cm³/mol. The zero-order valence-corrected chi connectivity index (χ0v) is 10.6. The van der Waals surface area contributed by atoms with E-state index in [1.54, 1.807) is 26.8 Å². The number of carboxylic acids is 1. The fourth-order valence-corrected chi connectivity index (χ4v) is 1.12. The van der Waals surface area contributed by atoms with Gasteiger partial charge in [0.15, 0.2) is 0 Å². The van der Waals surface area contributed by atoms with Crippen LogP contribution in [0, 0.1) is 5.41 Å². The van der Waals surface area contributed by atoms with Crippen molar-refractivity contribution < 1.29 is 14.7 Å². The lowest BCUT2D eigenvalue weighted by Gasteiger charge is -2.18. The Hall–Kier alpha value is -2.17. The lowest BCUT2D eigenvalue weighted by atomic mass is 9.95. The third kappa shape index (κ3) is 4.01. The van der Waals surface area contributed by atoms with Gasteiger partial charge in [0.2, 0.25) is 5.91 Å². The van der Waals surface area contributed by atoms with E-state index in [1.807, 2.05) is 0 Å². The fraction of sp³-hybridized carbons (Fsp3) is 0.308. The quantitative estimate of drug-likeness (QED) is 0.803. The number of anilines is 1. The summed E-state index contributed by atoms with van der Waals surface area (Å²) < 4.78 is 0. The number of aliphatic carboxylic acids is 1. The average molecular weight is 248 g/mol. The number of carbonyl (C=O) groups excluding carboxylic acids is 1. The zero-order chi connectivity index (χ0) is 13.8. The van der Waals surface area contributed by atoms with Crippen LogP contribution in [0.4, 0.5) is 5.69 Å². The van der Waals surface area contributed by atoms with Gasteiger partial charge in [0.05, 0.1) is 5.69 Å². The van der Waals surface area contributed by atoms with Crippen LogP contribution in [0.1, 0.15) is 26.3 Å². The van der Waals surface area contributed by atoms with Gasteiger partial charge in [-0.1, -0.05) is 20.8 Å². The molecule has 0 saturated carbocycles. The largest absolute Gasteiger partial charge is 0.478 e. The van der Waals surface area contributed by atoms with Gasteiger partial charge in [-0.15, -0.1) is 0 Å². The van der Waals surface area contributed by atoms with Crippen LogP contribution >= 0.6 is 0 Å². The minimum Gasteiger partial charge on any atom is -0.478 e. The maximum Gasteiger partial charge on any atom is 0.328 e. The highest BCUT2D eigenvalue weighted by Crippen LogP contribution is 2.20. The molecule has 96 valence electrons. The number of aromatic nitrogens is 1. The minimum absolute atomic E-state index is 0.140. The van der Waals surface area contributed by atoms with E-state index < -0.39 is 11.4 Å². The molecule has 0 saturated heterocycles. The van der Waals surface area contributed by atoms with Gasteiger partial charge in [-0.25, -0.2) is 4.79 Å². The highest BCUT2D eigenvalue weighted by atomic mass is 16.4. The van der Waals surface area contributed by atoms with E-state index in [9.17, 15) is 9.59 Å². The van der Waals surface area contributed by atoms with Crippen molar-refractivity contribution in [2.75, 3.05) is 5.32 Å². The molecule has 0 aromatic carbocycles. The Morgan fingerprint density at radius 2 is 2.06 bits per heavy atom. The fourth-order valence-electron chi connectivity index (χ4n) is 1.12. The summed E-state index contributed by atoms with van der Waals surface area (Å²) in [5, 5.41) is 11.3. The van der Waals surface area contributed by atoms with Crippen LogP contribution in [0.5, 0.6) is 0 Å². The number of carboxylic acid groups (broad SMARTS) is 1. The molecule has 18 heavy (non-hydrogen) atoms. The number of carbonyl (C=O) groups is 2. The molecule has 1 aromatic rings. The van der Waals surface area contributed by atoms with Crippen LogP contribution in [0.25, 0.3) is 6.08 Å². The highest BCUT2D eigenvalue weighted by molar-refractivity contribution is 5.97. The number of nitrogens with one attached hydrogen (secondary N) is 1. The topological polar surface area (TPSA) is 79.3 Å². The molecule has 0 aliphatic rings. The number of pyridine rings is 1. The van der Waals surface area contributed by atoms with Crippen LogP contribution in [0.3, 0.4) is 0 Å². The van der Waals surface area contributed by atoms with Crippen LogP contribution in [-0.2, 0) is 9.59 Å². The molecule has 0 bridgehead atoms. The zero-order valence-electron chi connectivity index (χ0n) is 10.6. The first kappa shape index (κ1) is 13.9. The van der Waals surface area contributed by atoms with Crippen molar-refractivity contribution in [2.45, 2.75) is 20.8 Å². The van der Waals surface area contributed by atoms with Crippen molar-refractivity contribution >= 4 is 23.6 Å². The molecule has 1 heterocycles. The van der Waals surface area contributed by atoms with Crippen LogP contribution in [-0.4, -0.2) is 22.0 Å². The summed E-state index contributed by atoms with van der Waals surface area (Å²) in [5.41, 5.74) is 0.580. The van der Waals surface area contributed by atoms with E-state index in [2.05, 4.69) is 10.3 Å². The molecule has 0 radical (unpaired) electrons. The van der Waals surface area contributed by atoms with Crippen molar-refractivity contribution in [3.8, 4) is 0 Å². The van der Waals surface area contributed by atoms with Gasteiger partial charge in [-0.2, -0.15) is 0 Å². The molecule has 0 atom stereocenters. The summed E-state index contributed by atoms with van der Waals surface area (Å²) in [5.74, 6) is -1.19. The third-order valence-electron chi connectivity index (χ3n) is 2.19. The second-order valence-electron chi connectivity index (χ2n) is 4.84. The standard InChI is InChI=1S/C13H16N2O3/c1-13(2,3)12(18)15-10-6-7-14-8-9(10)4-5-11(16)17/h4-8H,1-3H3,(H,16,17)(H,14,15,18). The van der Waals surface area contributed by atoms with Gasteiger partial charge < -0.3 is 10.4 Å². The van der Waals surface area contributed by atoms with Gasteiger partial charge in [-0.3, -0.25) is 9.78 Å². The van der Waals surface area contributed by atoms with E-state index in [1.165, 1.54) is 18.5 Å². The van der Waals surface area contributed by atoms with Crippen molar-refractivity contribution in [2.24, 2.45) is 5.41 Å². The first-order valence-corrected chi connectivity index (χ1v) is 5.47. The van der Waals surface area contributed by atoms with Crippen molar-refractivity contribution in [3.63, 3.8) is 0 Å². The lowest BCUT2D eigenvalue weighted by molar-refractivity contribution is -0.131. The highest BCUT2D eigenvalue weighted by Gasteiger charge is 2.21. The number of hydrogen-bond acceptors (Lipinski definition) is 3. The first-order valence-electron chi connectivity index (χ1n) is 5.47. The van der Waals surface area contributed by atoms with E-state index in [0.29, 0.717) is 11.3 Å². The van der Waals surface area contributed by atoms with Crippen LogP contribution in [0.2, 0.25) is 0 Å². The third-order valence-corrected chi connectivity index (χ3v) is 2.19. The summed E-state index contributed by atoms with van der Waals surface area (Å²) >= 11 is 0. The summed E-state index contributed by atoms with van der Waals surface area (Å²) in [6.07, 6.45) is 5.44. The smallest absolute Gasteiger partial charge is 0.328 e. The summed E-state index contributed by atoms with van der Waals surface area (Å²) in [7, 11) is 0. The number of hydrogen-bond donors (Lipinski definition) is 2. The van der Waals surface area contributed by atoms with Gasteiger partial charge >= 0.3 is 5.97 Å². The molecule has 0 spiro atoms. The Labute approximate surface area is 106 Å². The number of rotatable bonds is 3. The van der Waals surface area contributed by atoms with E-state index in [0.717, 1.165) is 6.08 Å². The molecule has 0 fully saturated rings. The maximum absolute atomic E-state index is 11.9. The molecule has 2 N–H and O–H groups in total. The molecule has 0 aliphatic carbocycles. The molecule has 1 aromatic heterocycles. The normalized spacial score (nSPS) is 11.5. The lowest BCUT2D eigenvalue weighted by Crippen LogP contribution is -2.27. The minimum atomic E-state index is -1.05. The monoisotopic (exact) mass is 248 g/mol. The Morgan fingerprint density at radius 1 is 1.39 bits per heavy atom. The second-order valence-corrected chi connectivity index (χ2v) is 4.84. The van der Waals surface area contributed by atoms with Gasteiger partial charge in [0.25, 0.3) is 0 Å². The summed E-state index contributed by atoms with van der Waals surface area (Å²) in [6.45, 7) is 5.41. The van der Waals surface area contributed by atoms with Crippen LogP contribution < -0.4 is 5.32 Å². The summed E-state index contributed by atoms with van der Waals surface area (Å²) in [4.78, 5) is 26.2. The molecule has 1 amide bonds. The molecule has 0 aliphatic heterocycles. The summed E-state index contributed by atoms with van der Waals surface area (Å²) in [6, 6.07) is 1.63. The average Bonchev–Trinajstić information content (AvgIpc) is 2.26. The molecule has 1 rings (SSSR count). The molecular weight excluding hydrogens is 232 g/mol. The number of amides is 1. The van der Waals surface area contributed by atoms with E-state index in [4.69, 9.17) is 5.11 Å². The maximum atomic E-state index is 11.9. The second kappa shape index (κ2) is 5.44.